The van der Waals surface area contributed by atoms with Gasteiger partial charge in [-0.2, -0.15) is 10.5 Å². The van der Waals surface area contributed by atoms with Crippen LogP contribution in [0, 0.1) is 22.7 Å². The molecule has 1 fully saturated rings. The molecule has 0 saturated carbocycles. The summed E-state index contributed by atoms with van der Waals surface area (Å²) in [5, 5.41) is 30.5. The number of thiazole rings is 1. The van der Waals surface area contributed by atoms with E-state index in [0.717, 1.165) is 40.5 Å². The van der Waals surface area contributed by atoms with Gasteiger partial charge in [-0.05, 0) is 56.0 Å². The highest BCUT2D eigenvalue weighted by atomic mass is 35.5. The zero-order valence-electron chi connectivity index (χ0n) is 23.4. The Morgan fingerprint density at radius 1 is 1.12 bits per heavy atom. The molecule has 5 rings (SSSR count). The minimum absolute atomic E-state index is 0.0643. The molecule has 0 amide bonds. The molecule has 3 heterocycles. The van der Waals surface area contributed by atoms with Crippen LogP contribution in [0.25, 0.3) is 11.1 Å². The van der Waals surface area contributed by atoms with Crippen molar-refractivity contribution in [1.29, 1.82) is 10.5 Å². The second-order valence-electron chi connectivity index (χ2n) is 10.1. The third-order valence-corrected chi connectivity index (χ3v) is 8.72. The zero-order chi connectivity index (χ0) is 29.7. The number of hydrogen-bond donors (Lipinski definition) is 2. The molecule has 2 aromatic heterocycles. The summed E-state index contributed by atoms with van der Waals surface area (Å²) < 4.78 is 11.6. The molecular weight excluding hydrogens is 588 g/mol. The van der Waals surface area contributed by atoms with Crippen molar-refractivity contribution in [2.45, 2.75) is 49.4 Å². The van der Waals surface area contributed by atoms with Crippen molar-refractivity contribution in [2.75, 3.05) is 24.3 Å². The third-order valence-electron chi connectivity index (χ3n) is 6.67. The summed E-state index contributed by atoms with van der Waals surface area (Å²) >= 11 is 9.00. The van der Waals surface area contributed by atoms with Crippen molar-refractivity contribution in [1.82, 2.24) is 9.97 Å². The standard InChI is InChI=1S/C31H29ClN6O2S2/c1-31(2)39-16-24(40-31)12-9-19-7-10-20(11-8-19)27-25(14-33)28(35-3)38-29(26(27)15-34)41-17-23-18-42-30(37-23)36-22-6-4-5-21(32)13-22/h4-8,10-11,13,18,24H,9,12,16-17H2,1-3H3,(H,35,38)(H,36,37). The van der Waals surface area contributed by atoms with Gasteiger partial charge in [0, 0.05) is 34.5 Å². The van der Waals surface area contributed by atoms with Gasteiger partial charge in [-0.25, -0.2) is 9.97 Å². The van der Waals surface area contributed by atoms with Crippen LogP contribution < -0.4 is 10.6 Å². The number of nitrogens with one attached hydrogen (secondary N) is 2. The minimum Gasteiger partial charge on any atom is -0.372 e. The fourth-order valence-electron chi connectivity index (χ4n) is 4.68. The predicted molar refractivity (Wildman–Crippen MR) is 168 cm³/mol. The van der Waals surface area contributed by atoms with Crippen LogP contribution in [-0.4, -0.2) is 35.5 Å². The summed E-state index contributed by atoms with van der Waals surface area (Å²) in [5.41, 5.74) is 4.92. The summed E-state index contributed by atoms with van der Waals surface area (Å²) in [6.45, 7) is 4.44. The number of benzene rings is 2. The highest BCUT2D eigenvalue weighted by Crippen LogP contribution is 2.38. The molecule has 11 heteroatoms. The Hall–Kier alpha value is -3.64. The normalized spacial score (nSPS) is 15.6. The number of nitrogens with zero attached hydrogens (tertiary/aromatic N) is 4. The number of pyridine rings is 1. The van der Waals surface area contributed by atoms with Gasteiger partial charge in [-0.1, -0.05) is 53.7 Å². The quantitative estimate of drug-likeness (QED) is 0.172. The van der Waals surface area contributed by atoms with Crippen LogP contribution >= 0.6 is 34.7 Å². The number of nitriles is 2. The molecule has 2 N–H and O–H groups in total. The number of halogens is 1. The van der Waals surface area contributed by atoms with Crippen LogP contribution in [0.15, 0.2) is 58.9 Å². The molecule has 0 aliphatic carbocycles. The smallest absolute Gasteiger partial charge is 0.187 e. The van der Waals surface area contributed by atoms with Crippen LogP contribution in [0.3, 0.4) is 0 Å². The fourth-order valence-corrected chi connectivity index (χ4v) is 6.59. The van der Waals surface area contributed by atoms with Crippen LogP contribution in [-0.2, 0) is 21.6 Å². The van der Waals surface area contributed by atoms with Crippen molar-refractivity contribution in [3.05, 3.63) is 81.3 Å². The topological polar surface area (TPSA) is 116 Å². The molecule has 1 unspecified atom stereocenters. The lowest BCUT2D eigenvalue weighted by atomic mass is 9.95. The Kier molecular flexibility index (Phi) is 9.32. The van der Waals surface area contributed by atoms with E-state index in [2.05, 4.69) is 32.7 Å². The number of rotatable bonds is 10. The van der Waals surface area contributed by atoms with Gasteiger partial charge in [0.2, 0.25) is 0 Å². The van der Waals surface area contributed by atoms with E-state index in [9.17, 15) is 10.5 Å². The van der Waals surface area contributed by atoms with Gasteiger partial charge in [0.1, 0.15) is 28.5 Å². The molecule has 1 saturated heterocycles. The first-order valence-corrected chi connectivity index (χ1v) is 15.6. The first kappa shape index (κ1) is 29.8. The molecule has 42 heavy (non-hydrogen) atoms. The number of aryl methyl sites for hydroxylation is 1. The Labute approximate surface area is 258 Å². The van der Waals surface area contributed by atoms with Gasteiger partial charge in [-0.15, -0.1) is 11.3 Å². The first-order valence-electron chi connectivity index (χ1n) is 13.4. The number of thioether (sulfide) groups is 1. The highest BCUT2D eigenvalue weighted by molar-refractivity contribution is 7.98. The van der Waals surface area contributed by atoms with Crippen molar-refractivity contribution in [3.63, 3.8) is 0 Å². The number of aromatic nitrogens is 2. The van der Waals surface area contributed by atoms with Crippen molar-refractivity contribution < 1.29 is 9.47 Å². The molecule has 0 bridgehead atoms. The SMILES string of the molecule is CNc1nc(SCc2csc(Nc3cccc(Cl)c3)n2)c(C#N)c(-c2ccc(CCC3COC(C)(C)O3)cc2)c1C#N. The van der Waals surface area contributed by atoms with Gasteiger partial charge >= 0.3 is 0 Å². The van der Waals surface area contributed by atoms with Crippen LogP contribution in [0.5, 0.6) is 0 Å². The van der Waals surface area contributed by atoms with Gasteiger partial charge in [-0.3, -0.25) is 0 Å². The van der Waals surface area contributed by atoms with E-state index < -0.39 is 5.79 Å². The van der Waals surface area contributed by atoms with Crippen LogP contribution in [0.2, 0.25) is 5.02 Å². The Morgan fingerprint density at radius 2 is 1.90 bits per heavy atom. The molecule has 4 aromatic rings. The second kappa shape index (κ2) is 13.1. The molecular formula is C31H29ClN6O2S2. The van der Waals surface area contributed by atoms with E-state index >= 15 is 0 Å². The van der Waals surface area contributed by atoms with E-state index in [1.807, 2.05) is 67.8 Å². The number of anilines is 3. The average Bonchev–Trinajstić information content (AvgIpc) is 3.59. The summed E-state index contributed by atoms with van der Waals surface area (Å²) in [5.74, 6) is 0.404. The highest BCUT2D eigenvalue weighted by Gasteiger charge is 2.32. The summed E-state index contributed by atoms with van der Waals surface area (Å²) in [6, 6.07) is 20.0. The lowest BCUT2D eigenvalue weighted by Gasteiger charge is -2.17. The molecule has 214 valence electrons. The van der Waals surface area contributed by atoms with Crippen molar-refractivity contribution in [2.24, 2.45) is 0 Å². The second-order valence-corrected chi connectivity index (χ2v) is 12.4. The molecule has 1 atom stereocenters. The number of ether oxygens (including phenoxy) is 2. The molecule has 0 radical (unpaired) electrons. The van der Waals surface area contributed by atoms with E-state index in [0.29, 0.717) is 44.9 Å². The molecule has 1 aliphatic rings. The largest absolute Gasteiger partial charge is 0.372 e. The first-order chi connectivity index (χ1) is 20.3. The van der Waals surface area contributed by atoms with Gasteiger partial charge in [0.05, 0.1) is 24.0 Å². The molecule has 0 spiro atoms. The average molecular weight is 617 g/mol. The fraction of sp³-hybridized carbons (Fsp3) is 0.290. The summed E-state index contributed by atoms with van der Waals surface area (Å²) in [6.07, 6.45) is 1.75. The summed E-state index contributed by atoms with van der Waals surface area (Å²) in [4.78, 5) is 9.32. The maximum atomic E-state index is 10.2. The van der Waals surface area contributed by atoms with E-state index in [1.54, 1.807) is 7.05 Å². The lowest BCUT2D eigenvalue weighted by Crippen LogP contribution is -2.21. The number of hydrogen-bond acceptors (Lipinski definition) is 10. The van der Waals surface area contributed by atoms with E-state index in [-0.39, 0.29) is 6.10 Å². The van der Waals surface area contributed by atoms with Gasteiger partial charge in [0.25, 0.3) is 0 Å². The maximum absolute atomic E-state index is 10.2. The maximum Gasteiger partial charge on any atom is 0.187 e. The molecule has 2 aromatic carbocycles. The van der Waals surface area contributed by atoms with Gasteiger partial charge < -0.3 is 20.1 Å². The molecule has 1 aliphatic heterocycles. The van der Waals surface area contributed by atoms with Gasteiger partial charge in [0.15, 0.2) is 10.9 Å². The van der Waals surface area contributed by atoms with E-state index in [4.69, 9.17) is 21.1 Å². The Bertz CT molecular complexity index is 1660. The molecule has 8 nitrogen and oxygen atoms in total. The Morgan fingerprint density at radius 3 is 2.57 bits per heavy atom. The minimum atomic E-state index is -0.534. The lowest BCUT2D eigenvalue weighted by molar-refractivity contribution is -0.138. The third kappa shape index (κ3) is 7.04. The zero-order valence-corrected chi connectivity index (χ0v) is 25.8. The van der Waals surface area contributed by atoms with E-state index in [1.165, 1.54) is 23.1 Å². The summed E-state index contributed by atoms with van der Waals surface area (Å²) in [7, 11) is 1.72. The van der Waals surface area contributed by atoms with Crippen molar-refractivity contribution in [3.8, 4) is 23.3 Å². The monoisotopic (exact) mass is 616 g/mol. The Balaban J connectivity index is 1.35. The van der Waals surface area contributed by atoms with Crippen molar-refractivity contribution >= 4 is 51.3 Å². The van der Waals surface area contributed by atoms with Crippen LogP contribution in [0.1, 0.15) is 42.7 Å². The van der Waals surface area contributed by atoms with Crippen LogP contribution in [0.4, 0.5) is 16.6 Å². The predicted octanol–water partition coefficient (Wildman–Crippen LogP) is 7.76.